The van der Waals surface area contributed by atoms with Gasteiger partial charge in [0.15, 0.2) is 0 Å². The smallest absolute Gasteiger partial charge is 0.234 e. The molecule has 0 aliphatic carbocycles. The number of hydrogen-bond donors (Lipinski definition) is 2. The first-order chi connectivity index (χ1) is 8.41. The quantitative estimate of drug-likeness (QED) is 0.565. The topological polar surface area (TPSA) is 61.8 Å². The number of hydrogen-bond acceptors (Lipinski definition) is 4. The summed E-state index contributed by atoms with van der Waals surface area (Å²) >= 11 is 0. The number of nitrogens with zero attached hydrogens (tertiary/aromatic N) is 1. The predicted molar refractivity (Wildman–Crippen MR) is 72.5 cm³/mol. The maximum atomic E-state index is 11.5. The Morgan fingerprint density at radius 3 is 2.61 bits per heavy atom. The molecule has 0 aromatic rings. The molecule has 0 bridgehead atoms. The zero-order valence-electron chi connectivity index (χ0n) is 12.1. The van der Waals surface area contributed by atoms with Crippen LogP contribution in [0.4, 0.5) is 0 Å². The first kappa shape index (κ1) is 17.4. The van der Waals surface area contributed by atoms with Crippen molar-refractivity contribution in [3.63, 3.8) is 0 Å². The molecular weight excluding hydrogens is 232 g/mol. The molecule has 18 heavy (non-hydrogen) atoms. The Hall–Kier alpha value is -0.650. The molecule has 5 heteroatoms. The van der Waals surface area contributed by atoms with Crippen LogP contribution in [0.5, 0.6) is 0 Å². The normalized spacial score (nSPS) is 13.1. The van der Waals surface area contributed by atoms with Crippen LogP contribution < -0.4 is 5.32 Å². The average molecular weight is 260 g/mol. The fourth-order valence-electron chi connectivity index (χ4n) is 1.41. The fourth-order valence-corrected chi connectivity index (χ4v) is 1.41. The van der Waals surface area contributed by atoms with E-state index in [2.05, 4.69) is 5.32 Å². The number of nitrogens with one attached hydrogen (secondary N) is 1. The average Bonchev–Trinajstić information content (AvgIpc) is 2.25. The molecule has 0 saturated heterocycles. The summed E-state index contributed by atoms with van der Waals surface area (Å²) in [6.45, 7) is 8.17. The third kappa shape index (κ3) is 11.8. The summed E-state index contributed by atoms with van der Waals surface area (Å²) in [4.78, 5) is 13.4. The predicted octanol–water partition coefficient (Wildman–Crippen LogP) is 0.620. The standard InChI is InChI=1S/C13H28N2O3/c1-11(2)18-9-5-7-14-13(17)10-15(4)8-6-12(3)16/h11-12,16H,5-10H2,1-4H3,(H,14,17). The minimum Gasteiger partial charge on any atom is -0.393 e. The summed E-state index contributed by atoms with van der Waals surface area (Å²) in [6.07, 6.45) is 1.45. The van der Waals surface area contributed by atoms with Gasteiger partial charge in [-0.05, 0) is 40.7 Å². The lowest BCUT2D eigenvalue weighted by Crippen LogP contribution is -2.36. The second kappa shape index (κ2) is 10.3. The van der Waals surface area contributed by atoms with Crippen molar-refractivity contribution in [3.8, 4) is 0 Å². The first-order valence-corrected chi connectivity index (χ1v) is 6.66. The van der Waals surface area contributed by atoms with E-state index in [0.29, 0.717) is 26.1 Å². The molecule has 0 radical (unpaired) electrons. The van der Waals surface area contributed by atoms with Crippen LogP contribution in [-0.4, -0.2) is 61.4 Å². The van der Waals surface area contributed by atoms with Crippen molar-refractivity contribution in [2.45, 2.75) is 45.8 Å². The van der Waals surface area contributed by atoms with E-state index in [1.54, 1.807) is 6.92 Å². The van der Waals surface area contributed by atoms with Crippen molar-refractivity contribution in [3.05, 3.63) is 0 Å². The van der Waals surface area contributed by atoms with Gasteiger partial charge in [0, 0.05) is 19.7 Å². The SMILES string of the molecule is CC(O)CCN(C)CC(=O)NCCCOC(C)C. The molecule has 0 fully saturated rings. The van der Waals surface area contributed by atoms with Crippen molar-refractivity contribution >= 4 is 5.91 Å². The summed E-state index contributed by atoms with van der Waals surface area (Å²) in [5.74, 6) is 0.0210. The lowest BCUT2D eigenvalue weighted by atomic mass is 10.3. The second-order valence-electron chi connectivity index (χ2n) is 5.00. The number of aliphatic hydroxyl groups excluding tert-OH is 1. The molecule has 0 heterocycles. The zero-order chi connectivity index (χ0) is 14.0. The van der Waals surface area contributed by atoms with E-state index in [9.17, 15) is 4.79 Å². The molecule has 1 atom stereocenters. The van der Waals surface area contributed by atoms with Gasteiger partial charge in [-0.1, -0.05) is 0 Å². The van der Waals surface area contributed by atoms with Gasteiger partial charge in [0.05, 0.1) is 18.8 Å². The number of ether oxygens (including phenoxy) is 1. The van der Waals surface area contributed by atoms with Gasteiger partial charge in [0.2, 0.25) is 5.91 Å². The van der Waals surface area contributed by atoms with Crippen LogP contribution in [0, 0.1) is 0 Å². The Bertz CT molecular complexity index is 220. The van der Waals surface area contributed by atoms with E-state index < -0.39 is 0 Å². The summed E-state index contributed by atoms with van der Waals surface area (Å²) < 4.78 is 5.38. The highest BCUT2D eigenvalue weighted by atomic mass is 16.5. The molecule has 108 valence electrons. The lowest BCUT2D eigenvalue weighted by molar-refractivity contribution is -0.122. The highest BCUT2D eigenvalue weighted by Crippen LogP contribution is 1.93. The van der Waals surface area contributed by atoms with Crippen LogP contribution in [0.1, 0.15) is 33.6 Å². The van der Waals surface area contributed by atoms with Crippen molar-refractivity contribution < 1.29 is 14.6 Å². The van der Waals surface area contributed by atoms with E-state index in [-0.39, 0.29) is 18.1 Å². The molecule has 0 spiro atoms. The fraction of sp³-hybridized carbons (Fsp3) is 0.923. The molecule has 0 rings (SSSR count). The maximum absolute atomic E-state index is 11.5. The van der Waals surface area contributed by atoms with Gasteiger partial charge in [-0.2, -0.15) is 0 Å². The van der Waals surface area contributed by atoms with Gasteiger partial charge >= 0.3 is 0 Å². The van der Waals surface area contributed by atoms with Crippen molar-refractivity contribution in [1.29, 1.82) is 0 Å². The van der Waals surface area contributed by atoms with E-state index in [4.69, 9.17) is 9.84 Å². The van der Waals surface area contributed by atoms with E-state index in [1.807, 2.05) is 25.8 Å². The van der Waals surface area contributed by atoms with Gasteiger partial charge in [-0.3, -0.25) is 9.69 Å². The van der Waals surface area contributed by atoms with E-state index in [0.717, 1.165) is 13.0 Å². The number of carbonyl (C=O) groups is 1. The summed E-state index contributed by atoms with van der Waals surface area (Å²) in [7, 11) is 1.88. The number of likely N-dealkylation sites (N-methyl/N-ethyl adjacent to an activating group) is 1. The Labute approximate surface area is 110 Å². The first-order valence-electron chi connectivity index (χ1n) is 6.66. The van der Waals surface area contributed by atoms with Crippen LogP contribution in [0.2, 0.25) is 0 Å². The molecule has 0 saturated carbocycles. The minimum absolute atomic E-state index is 0.0210. The maximum Gasteiger partial charge on any atom is 0.234 e. The second-order valence-corrected chi connectivity index (χ2v) is 5.00. The van der Waals surface area contributed by atoms with Crippen LogP contribution in [0.15, 0.2) is 0 Å². The minimum atomic E-state index is -0.316. The van der Waals surface area contributed by atoms with Crippen molar-refractivity contribution in [2.24, 2.45) is 0 Å². The number of carbonyl (C=O) groups excluding carboxylic acids is 1. The van der Waals surface area contributed by atoms with Crippen LogP contribution in [0.25, 0.3) is 0 Å². The number of rotatable bonds is 10. The molecule has 1 amide bonds. The molecule has 1 unspecified atom stereocenters. The van der Waals surface area contributed by atoms with Crippen LogP contribution in [0.3, 0.4) is 0 Å². The van der Waals surface area contributed by atoms with E-state index >= 15 is 0 Å². The zero-order valence-corrected chi connectivity index (χ0v) is 12.1. The van der Waals surface area contributed by atoms with Crippen LogP contribution in [-0.2, 0) is 9.53 Å². The Morgan fingerprint density at radius 2 is 2.06 bits per heavy atom. The number of aliphatic hydroxyl groups is 1. The Kier molecular flexibility index (Phi) is 9.92. The van der Waals surface area contributed by atoms with Gasteiger partial charge in [0.25, 0.3) is 0 Å². The Balaban J connectivity index is 3.47. The molecule has 2 N–H and O–H groups in total. The molecule has 0 aliphatic heterocycles. The summed E-state index contributed by atoms with van der Waals surface area (Å²) in [5, 5.41) is 12.0. The van der Waals surface area contributed by atoms with Crippen LogP contribution >= 0.6 is 0 Å². The molecular formula is C13H28N2O3. The van der Waals surface area contributed by atoms with Gasteiger partial charge < -0.3 is 15.2 Å². The van der Waals surface area contributed by atoms with E-state index in [1.165, 1.54) is 0 Å². The monoisotopic (exact) mass is 260 g/mol. The molecule has 0 aromatic heterocycles. The molecule has 0 aliphatic rings. The molecule has 0 aromatic carbocycles. The largest absolute Gasteiger partial charge is 0.393 e. The van der Waals surface area contributed by atoms with Gasteiger partial charge in [-0.25, -0.2) is 0 Å². The highest BCUT2D eigenvalue weighted by molar-refractivity contribution is 5.77. The van der Waals surface area contributed by atoms with Gasteiger partial charge in [0.1, 0.15) is 0 Å². The lowest BCUT2D eigenvalue weighted by Gasteiger charge is -2.17. The van der Waals surface area contributed by atoms with Gasteiger partial charge in [-0.15, -0.1) is 0 Å². The highest BCUT2D eigenvalue weighted by Gasteiger charge is 2.06. The Morgan fingerprint density at radius 1 is 1.39 bits per heavy atom. The number of amides is 1. The van der Waals surface area contributed by atoms with Crippen molar-refractivity contribution in [2.75, 3.05) is 33.3 Å². The van der Waals surface area contributed by atoms with Crippen molar-refractivity contribution in [1.82, 2.24) is 10.2 Å². The third-order valence-corrected chi connectivity index (χ3v) is 2.44. The summed E-state index contributed by atoms with van der Waals surface area (Å²) in [6, 6.07) is 0. The third-order valence-electron chi connectivity index (χ3n) is 2.44. The molecule has 5 nitrogen and oxygen atoms in total. The summed E-state index contributed by atoms with van der Waals surface area (Å²) in [5.41, 5.74) is 0.